The highest BCUT2D eigenvalue weighted by Crippen LogP contribution is 2.58. The number of nitrogens with zero attached hydrogens (tertiary/aromatic N) is 2. The average molecular weight is 303 g/mol. The topological polar surface area (TPSA) is 29.9 Å². The van der Waals surface area contributed by atoms with E-state index in [4.69, 9.17) is 0 Å². The maximum Gasteiger partial charge on any atom is 0.249 e. The van der Waals surface area contributed by atoms with Crippen molar-refractivity contribution in [2.24, 2.45) is 5.41 Å². The quantitative estimate of drug-likeness (QED) is 0.916. The van der Waals surface area contributed by atoms with E-state index in [9.17, 15) is 8.78 Å². The number of alkyl halides is 2. The smallest absolute Gasteiger partial charge is 0.249 e. The fourth-order valence-electron chi connectivity index (χ4n) is 4.00. The van der Waals surface area contributed by atoms with E-state index < -0.39 is 5.92 Å². The van der Waals surface area contributed by atoms with Crippen LogP contribution in [0.4, 0.5) is 8.78 Å². The number of halogens is 2. The second-order valence-corrected chi connectivity index (χ2v) is 6.71. The summed E-state index contributed by atoms with van der Waals surface area (Å²) in [5.74, 6) is -2.44. The Morgan fingerprint density at radius 1 is 1.18 bits per heavy atom. The maximum atomic E-state index is 13.3. The van der Waals surface area contributed by atoms with Gasteiger partial charge in [-0.15, -0.1) is 0 Å². The lowest BCUT2D eigenvalue weighted by molar-refractivity contribution is -0.174. The van der Waals surface area contributed by atoms with Crippen LogP contribution in [0.2, 0.25) is 0 Å². The summed E-state index contributed by atoms with van der Waals surface area (Å²) >= 11 is 0. The number of hydrogen-bond acceptors (Lipinski definition) is 2. The standard InChI is InChI=1S/C17H19F2N3/c18-17(19)11-16(12-17)6-8-20-15(10-16)13-2-4-14(5-3-13)22-9-1-7-21-22/h1-5,7,9,15,20H,6,8,10-12H2. The van der Waals surface area contributed by atoms with Crippen LogP contribution in [-0.2, 0) is 0 Å². The van der Waals surface area contributed by atoms with Gasteiger partial charge in [0.2, 0.25) is 5.92 Å². The number of nitrogens with one attached hydrogen (secondary N) is 1. The number of hydrogen-bond donors (Lipinski definition) is 1. The van der Waals surface area contributed by atoms with E-state index in [1.807, 2.05) is 29.1 Å². The molecular formula is C17H19F2N3. The van der Waals surface area contributed by atoms with Crippen LogP contribution in [-0.4, -0.2) is 22.2 Å². The Labute approximate surface area is 128 Å². The first kappa shape index (κ1) is 13.9. The highest BCUT2D eigenvalue weighted by Gasteiger charge is 2.57. The van der Waals surface area contributed by atoms with Crippen LogP contribution in [0.15, 0.2) is 42.7 Å². The van der Waals surface area contributed by atoms with Crippen LogP contribution in [0.1, 0.15) is 37.3 Å². The lowest BCUT2D eigenvalue weighted by atomic mass is 9.59. The summed E-state index contributed by atoms with van der Waals surface area (Å²) in [7, 11) is 0. The summed E-state index contributed by atoms with van der Waals surface area (Å²) in [6, 6.07) is 10.3. The molecule has 22 heavy (non-hydrogen) atoms. The third-order valence-electron chi connectivity index (χ3n) is 5.01. The molecule has 0 amide bonds. The maximum absolute atomic E-state index is 13.3. The third kappa shape index (κ3) is 2.43. The Hall–Kier alpha value is -1.75. The summed E-state index contributed by atoms with van der Waals surface area (Å²) in [5.41, 5.74) is 2.03. The van der Waals surface area contributed by atoms with Gasteiger partial charge in [-0.25, -0.2) is 13.5 Å². The van der Waals surface area contributed by atoms with Crippen LogP contribution >= 0.6 is 0 Å². The fraction of sp³-hybridized carbons (Fsp3) is 0.471. The molecule has 2 aliphatic rings. The minimum Gasteiger partial charge on any atom is -0.310 e. The van der Waals surface area contributed by atoms with Crippen molar-refractivity contribution in [3.8, 4) is 5.69 Å². The SMILES string of the molecule is FC1(F)CC2(CCNC(c3ccc(-n4cccn4)cc3)C2)C1. The van der Waals surface area contributed by atoms with Gasteiger partial charge in [-0.05, 0) is 48.6 Å². The Balaban J connectivity index is 1.50. The molecule has 1 aliphatic heterocycles. The Kier molecular flexibility index (Phi) is 3.08. The van der Waals surface area contributed by atoms with Crippen molar-refractivity contribution < 1.29 is 8.78 Å². The van der Waals surface area contributed by atoms with Gasteiger partial charge < -0.3 is 5.32 Å². The van der Waals surface area contributed by atoms with E-state index in [-0.39, 0.29) is 24.3 Å². The first-order valence-electron chi connectivity index (χ1n) is 7.77. The van der Waals surface area contributed by atoms with Crippen LogP contribution in [0.5, 0.6) is 0 Å². The van der Waals surface area contributed by atoms with Gasteiger partial charge in [0.05, 0.1) is 5.69 Å². The number of rotatable bonds is 2. The molecule has 2 fully saturated rings. The highest BCUT2D eigenvalue weighted by molar-refractivity contribution is 5.35. The average Bonchev–Trinajstić information content (AvgIpc) is 3.00. The molecule has 116 valence electrons. The molecule has 1 aromatic heterocycles. The van der Waals surface area contributed by atoms with Crippen molar-refractivity contribution in [3.05, 3.63) is 48.3 Å². The van der Waals surface area contributed by atoms with Gasteiger partial charge in [-0.2, -0.15) is 5.10 Å². The molecule has 2 aromatic rings. The first-order valence-corrected chi connectivity index (χ1v) is 7.77. The van der Waals surface area contributed by atoms with Crippen molar-refractivity contribution in [2.75, 3.05) is 6.54 Å². The van der Waals surface area contributed by atoms with Gasteiger partial charge in [-0.1, -0.05) is 12.1 Å². The molecule has 4 rings (SSSR count). The predicted octanol–water partition coefficient (Wildman–Crippen LogP) is 3.71. The van der Waals surface area contributed by atoms with E-state index in [2.05, 4.69) is 22.5 Å². The van der Waals surface area contributed by atoms with Gasteiger partial charge in [0.25, 0.3) is 0 Å². The van der Waals surface area contributed by atoms with Gasteiger partial charge in [-0.3, -0.25) is 0 Å². The van der Waals surface area contributed by atoms with E-state index in [0.29, 0.717) is 0 Å². The molecule has 1 unspecified atom stereocenters. The van der Waals surface area contributed by atoms with E-state index in [1.54, 1.807) is 6.20 Å². The Morgan fingerprint density at radius 3 is 2.59 bits per heavy atom. The fourth-order valence-corrected chi connectivity index (χ4v) is 4.00. The lowest BCUT2D eigenvalue weighted by Crippen LogP contribution is -2.52. The van der Waals surface area contributed by atoms with Crippen LogP contribution in [0, 0.1) is 5.41 Å². The van der Waals surface area contributed by atoms with Crippen molar-refractivity contribution in [3.63, 3.8) is 0 Å². The molecule has 0 bridgehead atoms. The van der Waals surface area contributed by atoms with E-state index >= 15 is 0 Å². The molecule has 1 aromatic carbocycles. The highest BCUT2D eigenvalue weighted by atomic mass is 19.3. The first-order chi connectivity index (χ1) is 10.6. The van der Waals surface area contributed by atoms with Gasteiger partial charge in [0.15, 0.2) is 0 Å². The second kappa shape index (κ2) is 4.88. The minimum atomic E-state index is -2.44. The number of piperidine rings is 1. The summed E-state index contributed by atoms with van der Waals surface area (Å²) in [5, 5.41) is 7.68. The van der Waals surface area contributed by atoms with Gasteiger partial charge in [0, 0.05) is 31.3 Å². The molecule has 0 radical (unpaired) electrons. The Morgan fingerprint density at radius 2 is 1.95 bits per heavy atom. The molecule has 1 atom stereocenters. The molecule has 1 saturated carbocycles. The third-order valence-corrected chi connectivity index (χ3v) is 5.01. The molecule has 5 heteroatoms. The second-order valence-electron chi connectivity index (χ2n) is 6.71. The molecule has 1 N–H and O–H groups in total. The normalized spacial score (nSPS) is 25.8. The van der Waals surface area contributed by atoms with Crippen molar-refractivity contribution >= 4 is 0 Å². The molecule has 1 spiro atoms. The number of aromatic nitrogens is 2. The predicted molar refractivity (Wildman–Crippen MR) is 80.2 cm³/mol. The largest absolute Gasteiger partial charge is 0.310 e. The van der Waals surface area contributed by atoms with E-state index in [1.165, 1.54) is 5.56 Å². The monoisotopic (exact) mass is 303 g/mol. The summed E-state index contributed by atoms with van der Waals surface area (Å²) in [4.78, 5) is 0. The zero-order valence-electron chi connectivity index (χ0n) is 12.3. The Bertz CT molecular complexity index is 641. The summed E-state index contributed by atoms with van der Waals surface area (Å²) in [6.45, 7) is 0.821. The van der Waals surface area contributed by atoms with Crippen molar-refractivity contribution in [2.45, 2.75) is 37.6 Å². The van der Waals surface area contributed by atoms with Gasteiger partial charge >= 0.3 is 0 Å². The zero-order chi connectivity index (χ0) is 15.2. The lowest BCUT2D eigenvalue weighted by Gasteiger charge is -2.52. The molecule has 2 heterocycles. The van der Waals surface area contributed by atoms with E-state index in [0.717, 1.165) is 25.1 Å². The zero-order valence-corrected chi connectivity index (χ0v) is 12.3. The molecule has 1 saturated heterocycles. The summed E-state index contributed by atoms with van der Waals surface area (Å²) in [6.07, 6.45) is 5.44. The molecule has 3 nitrogen and oxygen atoms in total. The van der Waals surface area contributed by atoms with Crippen molar-refractivity contribution in [1.29, 1.82) is 0 Å². The van der Waals surface area contributed by atoms with Crippen molar-refractivity contribution in [1.82, 2.24) is 15.1 Å². The molecular weight excluding hydrogens is 284 g/mol. The summed E-state index contributed by atoms with van der Waals surface area (Å²) < 4.78 is 28.4. The van der Waals surface area contributed by atoms with Gasteiger partial charge in [0.1, 0.15) is 0 Å². The van der Waals surface area contributed by atoms with Crippen LogP contribution in [0.25, 0.3) is 5.69 Å². The van der Waals surface area contributed by atoms with Crippen LogP contribution < -0.4 is 5.32 Å². The molecule has 1 aliphatic carbocycles. The van der Waals surface area contributed by atoms with Crippen LogP contribution in [0.3, 0.4) is 0 Å². The number of benzene rings is 1. The minimum absolute atomic E-state index is 0.0591.